The van der Waals surface area contributed by atoms with Crippen LogP contribution in [-0.2, 0) is 5.41 Å². The summed E-state index contributed by atoms with van der Waals surface area (Å²) >= 11 is 0. The normalized spacial score (nSPS) is 20.7. The lowest BCUT2D eigenvalue weighted by atomic mass is 9.53. The highest BCUT2D eigenvalue weighted by atomic mass is 16.3. The fraction of sp³-hybridized carbons (Fsp3) is 0.0909. The van der Waals surface area contributed by atoms with Crippen molar-refractivity contribution >= 4 is 33.7 Å². The number of phenols is 2. The Balaban J connectivity index is 1.59. The molecule has 5 aromatic rings. The van der Waals surface area contributed by atoms with Gasteiger partial charge in [0.05, 0.1) is 0 Å². The molecule has 0 heterocycles. The van der Waals surface area contributed by atoms with E-state index in [9.17, 15) is 10.2 Å². The van der Waals surface area contributed by atoms with E-state index >= 15 is 0 Å². The van der Waals surface area contributed by atoms with E-state index in [0.717, 1.165) is 11.1 Å². The fourth-order valence-electron chi connectivity index (χ4n) is 7.21. The summed E-state index contributed by atoms with van der Waals surface area (Å²) in [6.07, 6.45) is 9.32. The van der Waals surface area contributed by atoms with Crippen molar-refractivity contribution < 1.29 is 10.2 Å². The Kier molecular flexibility index (Phi) is 3.50. The maximum atomic E-state index is 10.1. The van der Waals surface area contributed by atoms with E-state index in [0.29, 0.717) is 0 Å². The van der Waals surface area contributed by atoms with Gasteiger partial charge in [0.25, 0.3) is 0 Å². The molecule has 2 nitrogen and oxygen atoms in total. The molecule has 0 spiro atoms. The molecule has 3 aliphatic carbocycles. The number of rotatable bonds is 3. The molecule has 0 fully saturated rings. The molecule has 0 bridgehead atoms. The lowest BCUT2D eigenvalue weighted by Crippen LogP contribution is -2.43. The van der Waals surface area contributed by atoms with Crippen LogP contribution in [0.1, 0.15) is 39.3 Å². The molecule has 5 aromatic carbocycles. The summed E-state index contributed by atoms with van der Waals surface area (Å²) in [5.74, 6) is 0.703. The highest BCUT2D eigenvalue weighted by Gasteiger charge is 2.56. The third-order valence-corrected chi connectivity index (χ3v) is 8.46. The molecular weight excluding hydrogens is 428 g/mol. The SMILES string of the molecule is Oc1ccc(C(c2ccc(O)cc2)C23c4c5ccc6ccc7ccc(c2c7c46)C=CC3C=C5)cc1. The number of aromatic hydroxyl groups is 2. The van der Waals surface area contributed by atoms with Gasteiger partial charge in [-0.1, -0.05) is 85.0 Å². The molecule has 0 radical (unpaired) electrons. The third-order valence-electron chi connectivity index (χ3n) is 8.46. The molecule has 35 heavy (non-hydrogen) atoms. The van der Waals surface area contributed by atoms with Crippen LogP contribution < -0.4 is 0 Å². The topological polar surface area (TPSA) is 40.5 Å². The summed E-state index contributed by atoms with van der Waals surface area (Å²) in [6.45, 7) is 0. The van der Waals surface area contributed by atoms with Crippen molar-refractivity contribution in [1.29, 1.82) is 0 Å². The van der Waals surface area contributed by atoms with E-state index < -0.39 is 0 Å². The number of phenolic OH excluding ortho intramolecular Hbond substituents is 2. The van der Waals surface area contributed by atoms with Crippen LogP contribution in [0, 0.1) is 5.92 Å². The van der Waals surface area contributed by atoms with Crippen molar-refractivity contribution in [3.8, 4) is 11.5 Å². The standard InChI is InChI=1S/C33H22O2/c34-26-15-9-21(10-16-26)30(22-11-17-27(35)18-12-22)33-25-13-7-23-5-3-19-1-2-20-4-6-24(8-14-25)32(33)29(20)28(19)31(23)33/h1-18,25,30,34-35H. The minimum absolute atomic E-state index is 0.00954. The van der Waals surface area contributed by atoms with Gasteiger partial charge < -0.3 is 10.2 Å². The number of benzene rings is 5. The Morgan fingerprint density at radius 3 is 1.43 bits per heavy atom. The van der Waals surface area contributed by atoms with Crippen molar-refractivity contribution in [2.24, 2.45) is 5.92 Å². The van der Waals surface area contributed by atoms with E-state index in [1.165, 1.54) is 43.8 Å². The van der Waals surface area contributed by atoms with Crippen molar-refractivity contribution in [3.05, 3.63) is 130 Å². The van der Waals surface area contributed by atoms with E-state index in [1.807, 2.05) is 0 Å². The molecule has 0 aliphatic heterocycles. The van der Waals surface area contributed by atoms with Gasteiger partial charge in [-0.15, -0.1) is 0 Å². The van der Waals surface area contributed by atoms with E-state index in [2.05, 4.69) is 85.0 Å². The number of hydrogen-bond acceptors (Lipinski definition) is 2. The summed E-state index contributed by atoms with van der Waals surface area (Å²) in [7, 11) is 0. The highest BCUT2D eigenvalue weighted by molar-refractivity contribution is 6.18. The van der Waals surface area contributed by atoms with Crippen LogP contribution >= 0.6 is 0 Å². The Morgan fingerprint density at radius 2 is 0.971 bits per heavy atom. The summed E-state index contributed by atoms with van der Waals surface area (Å²) in [5, 5.41) is 25.6. The first-order chi connectivity index (χ1) is 17.2. The zero-order valence-corrected chi connectivity index (χ0v) is 18.9. The van der Waals surface area contributed by atoms with Crippen LogP contribution in [0.4, 0.5) is 0 Å². The summed E-state index contributed by atoms with van der Waals surface area (Å²) in [4.78, 5) is 0. The molecule has 0 saturated heterocycles. The fourth-order valence-corrected chi connectivity index (χ4v) is 7.21. The molecule has 8 rings (SSSR count). The van der Waals surface area contributed by atoms with Crippen LogP contribution in [0.3, 0.4) is 0 Å². The summed E-state index contributed by atoms with van der Waals surface area (Å²) < 4.78 is 0. The molecule has 3 aliphatic rings. The highest BCUT2D eigenvalue weighted by Crippen LogP contribution is 2.65. The van der Waals surface area contributed by atoms with Crippen LogP contribution in [0.15, 0.2) is 97.1 Å². The second kappa shape index (κ2) is 6.43. The van der Waals surface area contributed by atoms with Crippen LogP contribution in [0.5, 0.6) is 11.5 Å². The Morgan fingerprint density at radius 1 is 0.543 bits per heavy atom. The predicted octanol–water partition coefficient (Wildman–Crippen LogP) is 7.51. The van der Waals surface area contributed by atoms with Gasteiger partial charge in [-0.25, -0.2) is 0 Å². The van der Waals surface area contributed by atoms with Crippen LogP contribution in [0.25, 0.3) is 33.7 Å². The first kappa shape index (κ1) is 19.1. The average Bonchev–Trinajstić information content (AvgIpc) is 3.22. The van der Waals surface area contributed by atoms with Gasteiger partial charge in [0.2, 0.25) is 0 Å². The molecule has 0 saturated carbocycles. The predicted molar refractivity (Wildman–Crippen MR) is 142 cm³/mol. The Labute approximate surface area is 203 Å². The van der Waals surface area contributed by atoms with Crippen molar-refractivity contribution in [2.75, 3.05) is 0 Å². The first-order valence-corrected chi connectivity index (χ1v) is 12.1. The monoisotopic (exact) mass is 450 g/mol. The van der Waals surface area contributed by atoms with Crippen molar-refractivity contribution in [1.82, 2.24) is 0 Å². The molecule has 2 heteroatoms. The minimum atomic E-state index is -0.329. The van der Waals surface area contributed by atoms with Crippen LogP contribution in [0.2, 0.25) is 0 Å². The molecule has 2 N–H and O–H groups in total. The van der Waals surface area contributed by atoms with Gasteiger partial charge in [0.15, 0.2) is 0 Å². The molecule has 0 aromatic heterocycles. The maximum Gasteiger partial charge on any atom is 0.115 e. The Hall–Kier alpha value is -4.30. The van der Waals surface area contributed by atoms with E-state index in [-0.39, 0.29) is 28.7 Å². The maximum absolute atomic E-state index is 10.1. The molecule has 0 atom stereocenters. The zero-order valence-electron chi connectivity index (χ0n) is 18.9. The van der Waals surface area contributed by atoms with Gasteiger partial charge in [-0.3, -0.25) is 0 Å². The lowest BCUT2D eigenvalue weighted by molar-refractivity contribution is 0.391. The molecule has 0 amide bonds. The third kappa shape index (κ3) is 2.25. The smallest absolute Gasteiger partial charge is 0.115 e. The number of hydrogen-bond donors (Lipinski definition) is 2. The largest absolute Gasteiger partial charge is 0.508 e. The summed E-state index contributed by atoms with van der Waals surface area (Å²) in [6, 6.07) is 29.0. The average molecular weight is 451 g/mol. The van der Waals surface area contributed by atoms with Gasteiger partial charge in [0.1, 0.15) is 11.5 Å². The van der Waals surface area contributed by atoms with Crippen molar-refractivity contribution in [3.63, 3.8) is 0 Å². The van der Waals surface area contributed by atoms with Gasteiger partial charge in [-0.05, 0) is 79.2 Å². The van der Waals surface area contributed by atoms with E-state index in [4.69, 9.17) is 0 Å². The van der Waals surface area contributed by atoms with Gasteiger partial charge in [0, 0.05) is 17.3 Å². The second-order valence-corrected chi connectivity index (χ2v) is 10.1. The van der Waals surface area contributed by atoms with Crippen molar-refractivity contribution in [2.45, 2.75) is 11.3 Å². The number of allylic oxidation sites excluding steroid dienone is 2. The molecule has 0 unspecified atom stereocenters. The minimum Gasteiger partial charge on any atom is -0.508 e. The molecule has 166 valence electrons. The van der Waals surface area contributed by atoms with Gasteiger partial charge >= 0.3 is 0 Å². The second-order valence-electron chi connectivity index (χ2n) is 10.1. The van der Waals surface area contributed by atoms with Gasteiger partial charge in [-0.2, -0.15) is 0 Å². The first-order valence-electron chi connectivity index (χ1n) is 12.1. The Bertz CT molecular complexity index is 1630. The van der Waals surface area contributed by atoms with E-state index in [1.54, 1.807) is 24.3 Å². The quantitative estimate of drug-likeness (QED) is 0.279. The summed E-state index contributed by atoms with van der Waals surface area (Å²) in [5.41, 5.74) is 7.36. The lowest BCUT2D eigenvalue weighted by Gasteiger charge is -2.49. The molecular formula is C33H22O2. The van der Waals surface area contributed by atoms with Crippen LogP contribution in [-0.4, -0.2) is 10.2 Å². The zero-order chi connectivity index (χ0) is 23.3.